The van der Waals surface area contributed by atoms with Crippen LogP contribution in [0.15, 0.2) is 36.1 Å². The van der Waals surface area contributed by atoms with Crippen LogP contribution in [0, 0.1) is 0 Å². The molecule has 1 unspecified atom stereocenters. The molecule has 0 bridgehead atoms. The Bertz CT molecular complexity index is 562. The van der Waals surface area contributed by atoms with Crippen LogP contribution in [0.3, 0.4) is 0 Å². The van der Waals surface area contributed by atoms with Gasteiger partial charge in [-0.1, -0.05) is 30.3 Å². The third kappa shape index (κ3) is 2.50. The number of ether oxygens (including phenoxy) is 2. The van der Waals surface area contributed by atoms with E-state index in [4.69, 9.17) is 4.74 Å². The number of aliphatic hydroxyl groups is 2. The number of esters is 2. The zero-order valence-electron chi connectivity index (χ0n) is 10.8. The maximum atomic E-state index is 11.5. The topological polar surface area (TPSA) is 93.1 Å². The van der Waals surface area contributed by atoms with Gasteiger partial charge in [-0.25, -0.2) is 4.79 Å². The molecule has 2 rings (SSSR count). The Balaban J connectivity index is 2.34. The Morgan fingerprint density at radius 2 is 2.00 bits per heavy atom. The van der Waals surface area contributed by atoms with E-state index in [0.717, 1.165) is 0 Å². The lowest BCUT2D eigenvalue weighted by molar-refractivity contribution is -0.181. The molecule has 0 saturated carbocycles. The number of hydrogen-bond acceptors (Lipinski definition) is 6. The van der Waals surface area contributed by atoms with Crippen molar-refractivity contribution in [3.8, 4) is 0 Å². The van der Waals surface area contributed by atoms with Crippen molar-refractivity contribution in [3.63, 3.8) is 0 Å². The predicted octanol–water partition coefficient (Wildman–Crippen LogP) is 1.15. The average Bonchev–Trinajstić information content (AvgIpc) is 2.68. The summed E-state index contributed by atoms with van der Waals surface area (Å²) in [6.45, 7) is 0. The van der Waals surface area contributed by atoms with Crippen molar-refractivity contribution < 1.29 is 29.3 Å². The van der Waals surface area contributed by atoms with Gasteiger partial charge in [0.2, 0.25) is 11.5 Å². The van der Waals surface area contributed by atoms with E-state index in [2.05, 4.69) is 4.74 Å². The second-order valence-electron chi connectivity index (χ2n) is 4.34. The van der Waals surface area contributed by atoms with Crippen LogP contribution < -0.4 is 0 Å². The first-order chi connectivity index (χ1) is 9.48. The molecule has 6 heteroatoms. The van der Waals surface area contributed by atoms with Gasteiger partial charge in [0.15, 0.2) is 0 Å². The summed E-state index contributed by atoms with van der Waals surface area (Å²) in [5.41, 5.74) is 0.412. The monoisotopic (exact) mass is 278 g/mol. The lowest BCUT2D eigenvalue weighted by Gasteiger charge is -2.24. The molecule has 6 nitrogen and oxygen atoms in total. The molecule has 1 aromatic carbocycles. The minimum Gasteiger partial charge on any atom is -0.501 e. The second-order valence-corrected chi connectivity index (χ2v) is 4.34. The van der Waals surface area contributed by atoms with E-state index in [9.17, 15) is 19.8 Å². The van der Waals surface area contributed by atoms with Crippen LogP contribution in [0.1, 0.15) is 18.4 Å². The van der Waals surface area contributed by atoms with Crippen LogP contribution >= 0.6 is 0 Å². The van der Waals surface area contributed by atoms with Gasteiger partial charge in [-0.3, -0.25) is 4.79 Å². The van der Waals surface area contributed by atoms with Gasteiger partial charge in [0.05, 0.1) is 19.1 Å². The molecule has 0 amide bonds. The molecule has 0 saturated heterocycles. The van der Waals surface area contributed by atoms with E-state index in [1.54, 1.807) is 30.3 Å². The van der Waals surface area contributed by atoms with E-state index in [0.29, 0.717) is 5.56 Å². The lowest BCUT2D eigenvalue weighted by atomic mass is 9.94. The maximum absolute atomic E-state index is 11.5. The average molecular weight is 278 g/mol. The Morgan fingerprint density at radius 3 is 2.60 bits per heavy atom. The highest BCUT2D eigenvalue weighted by atomic mass is 16.7. The molecule has 0 fully saturated rings. The van der Waals surface area contributed by atoms with Gasteiger partial charge in [-0.15, -0.1) is 0 Å². The van der Waals surface area contributed by atoms with Gasteiger partial charge in [-0.2, -0.15) is 0 Å². The fourth-order valence-corrected chi connectivity index (χ4v) is 2.06. The van der Waals surface area contributed by atoms with Crippen LogP contribution in [-0.2, 0) is 19.1 Å². The van der Waals surface area contributed by atoms with Crippen LogP contribution in [0.25, 0.3) is 5.57 Å². The van der Waals surface area contributed by atoms with Crippen molar-refractivity contribution in [1.82, 2.24) is 0 Å². The molecule has 0 spiro atoms. The van der Waals surface area contributed by atoms with Crippen molar-refractivity contribution >= 4 is 17.5 Å². The van der Waals surface area contributed by atoms with E-state index in [1.165, 1.54) is 7.11 Å². The molecular weight excluding hydrogens is 264 g/mol. The van der Waals surface area contributed by atoms with Crippen LogP contribution in [0.4, 0.5) is 0 Å². The molecule has 1 aliphatic rings. The fraction of sp³-hybridized carbons (Fsp3) is 0.286. The van der Waals surface area contributed by atoms with E-state index >= 15 is 0 Å². The first-order valence-corrected chi connectivity index (χ1v) is 5.99. The van der Waals surface area contributed by atoms with Crippen molar-refractivity contribution in [3.05, 3.63) is 41.7 Å². The summed E-state index contributed by atoms with van der Waals surface area (Å²) in [5, 5.41) is 20.2. The molecule has 106 valence electrons. The summed E-state index contributed by atoms with van der Waals surface area (Å²) in [5.74, 6) is -4.25. The number of methoxy groups -OCH3 is 1. The second kappa shape index (κ2) is 5.34. The maximum Gasteiger partial charge on any atom is 0.376 e. The van der Waals surface area contributed by atoms with Crippen molar-refractivity contribution in [2.45, 2.75) is 18.6 Å². The predicted molar refractivity (Wildman–Crippen MR) is 68.3 cm³/mol. The Hall–Kier alpha value is -2.34. The standard InChI is InChI=1S/C14H14O6/c1-19-10(15)7-8-14(18)11(12(16)13(17)20-14)9-5-3-2-4-6-9/h2-6,16,18H,7-8H2,1H3. The van der Waals surface area contributed by atoms with Gasteiger partial charge in [0.1, 0.15) is 0 Å². The lowest BCUT2D eigenvalue weighted by Crippen LogP contribution is -2.32. The Kier molecular flexibility index (Phi) is 3.76. The number of carbonyl (C=O) groups is 2. The van der Waals surface area contributed by atoms with Crippen LogP contribution in [-0.4, -0.2) is 35.0 Å². The Labute approximate surface area is 115 Å². The molecule has 20 heavy (non-hydrogen) atoms. The minimum absolute atomic E-state index is 0.0352. The molecule has 1 heterocycles. The third-order valence-corrected chi connectivity index (χ3v) is 3.04. The van der Waals surface area contributed by atoms with Crippen molar-refractivity contribution in [2.75, 3.05) is 7.11 Å². The number of aliphatic hydroxyl groups excluding tert-OH is 1. The highest BCUT2D eigenvalue weighted by molar-refractivity contribution is 6.01. The molecular formula is C14H14O6. The van der Waals surface area contributed by atoms with Gasteiger partial charge >= 0.3 is 11.9 Å². The quantitative estimate of drug-likeness (QED) is 0.803. The number of rotatable bonds is 4. The van der Waals surface area contributed by atoms with E-state index in [1.807, 2.05) is 0 Å². The zero-order valence-corrected chi connectivity index (χ0v) is 10.8. The van der Waals surface area contributed by atoms with E-state index < -0.39 is 23.5 Å². The molecule has 0 radical (unpaired) electrons. The summed E-state index contributed by atoms with van der Waals surface area (Å²) >= 11 is 0. The molecule has 0 aromatic heterocycles. The summed E-state index contributed by atoms with van der Waals surface area (Å²) in [4.78, 5) is 22.6. The third-order valence-electron chi connectivity index (χ3n) is 3.04. The highest BCUT2D eigenvalue weighted by Gasteiger charge is 2.47. The van der Waals surface area contributed by atoms with Gasteiger partial charge < -0.3 is 19.7 Å². The summed E-state index contributed by atoms with van der Waals surface area (Å²) in [6.07, 6.45) is -0.344. The van der Waals surface area contributed by atoms with Crippen molar-refractivity contribution in [2.24, 2.45) is 0 Å². The van der Waals surface area contributed by atoms with Gasteiger partial charge in [0.25, 0.3) is 0 Å². The van der Waals surface area contributed by atoms with E-state index in [-0.39, 0.29) is 18.4 Å². The molecule has 1 atom stereocenters. The zero-order chi connectivity index (χ0) is 14.8. The summed E-state index contributed by atoms with van der Waals surface area (Å²) in [6, 6.07) is 8.39. The Morgan fingerprint density at radius 1 is 1.35 bits per heavy atom. The largest absolute Gasteiger partial charge is 0.501 e. The SMILES string of the molecule is COC(=O)CCC1(O)OC(=O)C(O)=C1c1ccccc1. The minimum atomic E-state index is -2.03. The summed E-state index contributed by atoms with van der Waals surface area (Å²) in [7, 11) is 1.22. The van der Waals surface area contributed by atoms with Gasteiger partial charge in [-0.05, 0) is 5.56 Å². The number of benzene rings is 1. The van der Waals surface area contributed by atoms with Gasteiger partial charge in [0, 0.05) is 6.42 Å². The highest BCUT2D eigenvalue weighted by Crippen LogP contribution is 2.40. The smallest absolute Gasteiger partial charge is 0.376 e. The number of hydrogen-bond donors (Lipinski definition) is 2. The first-order valence-electron chi connectivity index (χ1n) is 5.99. The summed E-state index contributed by atoms with van der Waals surface area (Å²) < 4.78 is 9.29. The first kappa shape index (κ1) is 14.1. The normalized spacial score (nSPS) is 21.8. The van der Waals surface area contributed by atoms with Crippen LogP contribution in [0.2, 0.25) is 0 Å². The molecule has 2 N–H and O–H groups in total. The number of cyclic esters (lactones) is 1. The molecule has 1 aromatic rings. The van der Waals surface area contributed by atoms with Crippen molar-refractivity contribution in [1.29, 1.82) is 0 Å². The molecule has 0 aliphatic carbocycles. The fourth-order valence-electron chi connectivity index (χ4n) is 2.06. The molecule has 1 aliphatic heterocycles. The van der Waals surface area contributed by atoms with Crippen LogP contribution in [0.5, 0.6) is 0 Å². The number of carbonyl (C=O) groups excluding carboxylic acids is 2.